The number of amides is 2. The number of hydrogen-bond donors (Lipinski definition) is 2. The number of nitrogens with zero attached hydrogens (tertiary/aromatic N) is 1. The molecule has 2 rings (SSSR count). The molecular formula is C12H22ClN3O2. The number of hydrogen-bond acceptors (Lipinski definition) is 3. The van der Waals surface area contributed by atoms with Crippen LogP contribution in [0.15, 0.2) is 0 Å². The molecule has 1 atom stereocenters. The number of nitrogens with one attached hydrogen (secondary N) is 2. The zero-order valence-corrected chi connectivity index (χ0v) is 11.6. The van der Waals surface area contributed by atoms with Crippen molar-refractivity contribution in [3.05, 3.63) is 0 Å². The van der Waals surface area contributed by atoms with E-state index in [9.17, 15) is 9.59 Å². The molecule has 0 spiro atoms. The van der Waals surface area contributed by atoms with Crippen molar-refractivity contribution < 1.29 is 9.59 Å². The van der Waals surface area contributed by atoms with E-state index < -0.39 is 0 Å². The van der Waals surface area contributed by atoms with Gasteiger partial charge in [-0.25, -0.2) is 0 Å². The van der Waals surface area contributed by atoms with E-state index in [1.54, 1.807) is 11.9 Å². The number of rotatable bonds is 3. The van der Waals surface area contributed by atoms with Crippen LogP contribution in [0.4, 0.5) is 0 Å². The van der Waals surface area contributed by atoms with Crippen molar-refractivity contribution >= 4 is 24.2 Å². The Hall–Kier alpha value is -0.810. The molecule has 2 aliphatic heterocycles. The Balaban J connectivity index is 0.00000162. The van der Waals surface area contributed by atoms with Crippen molar-refractivity contribution in [1.82, 2.24) is 15.5 Å². The largest absolute Gasteiger partial charge is 0.351 e. The van der Waals surface area contributed by atoms with Crippen molar-refractivity contribution in [1.29, 1.82) is 0 Å². The van der Waals surface area contributed by atoms with Crippen molar-refractivity contribution in [3.8, 4) is 0 Å². The summed E-state index contributed by atoms with van der Waals surface area (Å²) in [5.41, 5.74) is 0. The minimum atomic E-state index is 0. The fourth-order valence-corrected chi connectivity index (χ4v) is 2.59. The van der Waals surface area contributed by atoms with Crippen LogP contribution in [0.1, 0.15) is 25.7 Å². The Labute approximate surface area is 114 Å². The van der Waals surface area contributed by atoms with Crippen molar-refractivity contribution in [3.63, 3.8) is 0 Å². The van der Waals surface area contributed by atoms with Gasteiger partial charge in [-0.3, -0.25) is 9.59 Å². The second-order valence-corrected chi connectivity index (χ2v) is 5.14. The van der Waals surface area contributed by atoms with E-state index in [1.807, 2.05) is 0 Å². The molecule has 0 bridgehead atoms. The number of halogens is 1. The zero-order chi connectivity index (χ0) is 12.3. The number of carbonyl (C=O) groups excluding carboxylic acids is 2. The maximum Gasteiger partial charge on any atom is 0.224 e. The normalized spacial score (nSPS) is 24.8. The quantitative estimate of drug-likeness (QED) is 0.771. The molecule has 1 unspecified atom stereocenters. The Morgan fingerprint density at radius 2 is 2.11 bits per heavy atom. The molecule has 104 valence electrons. The van der Waals surface area contributed by atoms with Crippen LogP contribution in [0.25, 0.3) is 0 Å². The molecule has 5 nitrogen and oxygen atoms in total. The number of likely N-dealkylation sites (tertiary alicyclic amines) is 1. The van der Waals surface area contributed by atoms with E-state index in [2.05, 4.69) is 10.6 Å². The first-order chi connectivity index (χ1) is 8.15. The summed E-state index contributed by atoms with van der Waals surface area (Å²) >= 11 is 0. The summed E-state index contributed by atoms with van der Waals surface area (Å²) in [6.07, 6.45) is 3.22. The summed E-state index contributed by atoms with van der Waals surface area (Å²) in [5.74, 6) is 0.730. The summed E-state index contributed by atoms with van der Waals surface area (Å²) in [6, 6.07) is 0.0155. The molecule has 18 heavy (non-hydrogen) atoms. The lowest BCUT2D eigenvalue weighted by Gasteiger charge is -2.22. The first-order valence-corrected chi connectivity index (χ1v) is 6.39. The van der Waals surface area contributed by atoms with Crippen molar-refractivity contribution in [2.45, 2.75) is 31.7 Å². The molecule has 0 radical (unpaired) electrons. The van der Waals surface area contributed by atoms with E-state index in [-0.39, 0.29) is 30.3 Å². The predicted octanol–water partition coefficient (Wildman–Crippen LogP) is 0.145. The molecule has 6 heteroatoms. The molecule has 0 aliphatic carbocycles. The second-order valence-electron chi connectivity index (χ2n) is 5.14. The number of carbonyl (C=O) groups is 2. The average Bonchev–Trinajstić information content (AvgIpc) is 2.59. The fraction of sp³-hybridized carbons (Fsp3) is 0.833. The van der Waals surface area contributed by atoms with Gasteiger partial charge in [0.2, 0.25) is 11.8 Å². The van der Waals surface area contributed by atoms with Crippen LogP contribution in [-0.4, -0.2) is 49.4 Å². The lowest BCUT2D eigenvalue weighted by Crippen LogP contribution is -2.38. The first-order valence-electron chi connectivity index (χ1n) is 6.39. The van der Waals surface area contributed by atoms with E-state index in [4.69, 9.17) is 0 Å². The van der Waals surface area contributed by atoms with Gasteiger partial charge < -0.3 is 15.5 Å². The van der Waals surface area contributed by atoms with Gasteiger partial charge in [-0.2, -0.15) is 0 Å². The molecule has 2 N–H and O–H groups in total. The lowest BCUT2D eigenvalue weighted by molar-refractivity contribution is -0.126. The van der Waals surface area contributed by atoms with E-state index in [1.165, 1.54) is 0 Å². The highest BCUT2D eigenvalue weighted by molar-refractivity contribution is 5.85. The SMILES string of the molecule is CN1CC(NC(=O)CC2CCNCC2)CC1=O.Cl. The third-order valence-electron chi connectivity index (χ3n) is 3.64. The topological polar surface area (TPSA) is 61.4 Å². The minimum Gasteiger partial charge on any atom is -0.351 e. The maximum atomic E-state index is 11.8. The Morgan fingerprint density at radius 1 is 1.44 bits per heavy atom. The molecular weight excluding hydrogens is 254 g/mol. The van der Waals surface area contributed by atoms with E-state index in [0.717, 1.165) is 25.9 Å². The summed E-state index contributed by atoms with van der Waals surface area (Å²) < 4.78 is 0. The molecule has 2 saturated heterocycles. The highest BCUT2D eigenvalue weighted by Crippen LogP contribution is 2.16. The summed E-state index contributed by atoms with van der Waals surface area (Å²) in [7, 11) is 1.78. The number of likely N-dealkylation sites (N-methyl/N-ethyl adjacent to an activating group) is 1. The predicted molar refractivity (Wildman–Crippen MR) is 71.6 cm³/mol. The zero-order valence-electron chi connectivity index (χ0n) is 10.8. The third-order valence-corrected chi connectivity index (χ3v) is 3.64. The lowest BCUT2D eigenvalue weighted by atomic mass is 9.94. The maximum absolute atomic E-state index is 11.8. The second kappa shape index (κ2) is 6.95. The molecule has 0 aromatic carbocycles. The van der Waals surface area contributed by atoms with Gasteiger partial charge in [0.05, 0.1) is 6.04 Å². The fourth-order valence-electron chi connectivity index (χ4n) is 2.59. The van der Waals surface area contributed by atoms with Gasteiger partial charge in [0, 0.05) is 26.4 Å². The van der Waals surface area contributed by atoms with Crippen molar-refractivity contribution in [2.75, 3.05) is 26.7 Å². The molecule has 2 heterocycles. The minimum absolute atomic E-state index is 0. The smallest absolute Gasteiger partial charge is 0.224 e. The highest BCUT2D eigenvalue weighted by atomic mass is 35.5. The van der Waals surface area contributed by atoms with Gasteiger partial charge in [0.1, 0.15) is 0 Å². The first kappa shape index (κ1) is 15.2. The standard InChI is InChI=1S/C12H21N3O2.ClH/c1-15-8-10(7-12(15)17)14-11(16)6-9-2-4-13-5-3-9;/h9-10,13H,2-8H2,1H3,(H,14,16);1H. The Bertz CT molecular complexity index is 306. The monoisotopic (exact) mass is 275 g/mol. The highest BCUT2D eigenvalue weighted by Gasteiger charge is 2.28. The molecule has 0 aromatic heterocycles. The summed E-state index contributed by atoms with van der Waals surface area (Å²) in [6.45, 7) is 2.68. The van der Waals surface area contributed by atoms with Crippen LogP contribution >= 0.6 is 12.4 Å². The molecule has 2 aliphatic rings. The molecule has 0 saturated carbocycles. The van der Waals surface area contributed by atoms with Gasteiger partial charge >= 0.3 is 0 Å². The Kier molecular flexibility index (Phi) is 5.88. The summed E-state index contributed by atoms with van der Waals surface area (Å²) in [5, 5.41) is 6.25. The van der Waals surface area contributed by atoms with Crippen LogP contribution in [0.3, 0.4) is 0 Å². The van der Waals surface area contributed by atoms with Crippen LogP contribution in [0.5, 0.6) is 0 Å². The summed E-state index contributed by atoms with van der Waals surface area (Å²) in [4.78, 5) is 24.8. The van der Waals surface area contributed by atoms with Gasteiger partial charge in [0.25, 0.3) is 0 Å². The van der Waals surface area contributed by atoms with Crippen LogP contribution in [0, 0.1) is 5.92 Å². The Morgan fingerprint density at radius 3 is 2.67 bits per heavy atom. The van der Waals surface area contributed by atoms with Crippen molar-refractivity contribution in [2.24, 2.45) is 5.92 Å². The molecule has 2 fully saturated rings. The van der Waals surface area contributed by atoms with E-state index >= 15 is 0 Å². The molecule has 0 aromatic rings. The van der Waals surface area contributed by atoms with Gasteiger partial charge in [0.15, 0.2) is 0 Å². The van der Waals surface area contributed by atoms with Gasteiger partial charge in [-0.05, 0) is 31.8 Å². The third kappa shape index (κ3) is 4.14. The van der Waals surface area contributed by atoms with Gasteiger partial charge in [-0.1, -0.05) is 0 Å². The van der Waals surface area contributed by atoms with Crippen LogP contribution in [-0.2, 0) is 9.59 Å². The van der Waals surface area contributed by atoms with Gasteiger partial charge in [-0.15, -0.1) is 12.4 Å². The number of piperidine rings is 1. The van der Waals surface area contributed by atoms with E-state index in [0.29, 0.717) is 25.3 Å². The van der Waals surface area contributed by atoms with Crippen LogP contribution < -0.4 is 10.6 Å². The molecule has 2 amide bonds. The van der Waals surface area contributed by atoms with Crippen LogP contribution in [0.2, 0.25) is 0 Å². The average molecular weight is 276 g/mol.